The summed E-state index contributed by atoms with van der Waals surface area (Å²) in [7, 11) is -0.678. The third kappa shape index (κ3) is 2.85. The van der Waals surface area contributed by atoms with Crippen molar-refractivity contribution in [3.8, 4) is 0 Å². The van der Waals surface area contributed by atoms with E-state index >= 15 is 0 Å². The summed E-state index contributed by atoms with van der Waals surface area (Å²) < 4.78 is 11.1. The zero-order chi connectivity index (χ0) is 8.10. The smallest absolute Gasteiger partial charge is 0.0485 e. The molecule has 0 amide bonds. The highest BCUT2D eigenvalue weighted by Crippen LogP contribution is 2.01. The van der Waals surface area contributed by atoms with E-state index in [4.69, 9.17) is 0 Å². The lowest BCUT2D eigenvalue weighted by Gasteiger charge is -1.97. The lowest BCUT2D eigenvalue weighted by molar-refractivity contribution is 0.683. The molecule has 1 rings (SSSR count). The molecule has 0 spiro atoms. The summed E-state index contributed by atoms with van der Waals surface area (Å²) in [6.07, 6.45) is 0. The van der Waals surface area contributed by atoms with Crippen molar-refractivity contribution in [1.82, 2.24) is 0 Å². The van der Waals surface area contributed by atoms with Crippen molar-refractivity contribution in [3.63, 3.8) is 0 Å². The Morgan fingerprint density at radius 2 is 1.91 bits per heavy atom. The van der Waals surface area contributed by atoms with Crippen molar-refractivity contribution in [2.75, 3.05) is 5.75 Å². The first-order chi connectivity index (χ1) is 5.33. The number of hydrogen-bond acceptors (Lipinski definition) is 1. The maximum absolute atomic E-state index is 11.1. The van der Waals surface area contributed by atoms with Gasteiger partial charge in [0.1, 0.15) is 0 Å². The minimum Gasteiger partial charge on any atom is -0.259 e. The Morgan fingerprint density at radius 3 is 2.45 bits per heavy atom. The predicted octanol–water partition coefficient (Wildman–Crippen LogP) is 1.96. The van der Waals surface area contributed by atoms with Gasteiger partial charge in [-0.1, -0.05) is 37.3 Å². The van der Waals surface area contributed by atoms with Crippen LogP contribution in [0.25, 0.3) is 0 Å². The molecule has 0 saturated carbocycles. The molecule has 1 atom stereocenters. The Morgan fingerprint density at radius 1 is 1.27 bits per heavy atom. The number of hydrogen-bond donors (Lipinski definition) is 0. The molecule has 60 valence electrons. The molecule has 0 aliphatic rings. The molecule has 0 radical (unpaired) electrons. The normalized spacial score (nSPS) is 12.8. The van der Waals surface area contributed by atoms with E-state index in [0.717, 1.165) is 11.3 Å². The minimum atomic E-state index is -0.678. The highest BCUT2D eigenvalue weighted by atomic mass is 32.2. The van der Waals surface area contributed by atoms with E-state index in [9.17, 15) is 4.21 Å². The molecule has 0 heterocycles. The summed E-state index contributed by atoms with van der Waals surface area (Å²) >= 11 is 0. The van der Waals surface area contributed by atoms with Gasteiger partial charge in [-0.15, -0.1) is 0 Å². The van der Waals surface area contributed by atoms with E-state index < -0.39 is 10.8 Å². The van der Waals surface area contributed by atoms with Crippen molar-refractivity contribution < 1.29 is 4.21 Å². The summed E-state index contributed by atoms with van der Waals surface area (Å²) in [5.74, 6) is 1.44. The van der Waals surface area contributed by atoms with Crippen molar-refractivity contribution in [2.45, 2.75) is 12.7 Å². The van der Waals surface area contributed by atoms with Crippen molar-refractivity contribution in [1.29, 1.82) is 0 Å². The van der Waals surface area contributed by atoms with E-state index in [1.165, 1.54) is 0 Å². The molecule has 1 aromatic carbocycles. The van der Waals surface area contributed by atoms with Crippen molar-refractivity contribution in [2.24, 2.45) is 0 Å². The third-order valence-corrected chi connectivity index (χ3v) is 2.79. The van der Waals surface area contributed by atoms with Gasteiger partial charge in [-0.25, -0.2) is 0 Å². The van der Waals surface area contributed by atoms with Gasteiger partial charge in [0.25, 0.3) is 0 Å². The van der Waals surface area contributed by atoms with Crippen LogP contribution in [-0.4, -0.2) is 9.96 Å². The zero-order valence-electron chi connectivity index (χ0n) is 6.62. The van der Waals surface area contributed by atoms with Crippen LogP contribution in [0.5, 0.6) is 0 Å². The van der Waals surface area contributed by atoms with Gasteiger partial charge in [-0.3, -0.25) is 4.21 Å². The Hall–Kier alpha value is -0.630. The van der Waals surface area contributed by atoms with E-state index in [0.29, 0.717) is 5.75 Å². The van der Waals surface area contributed by atoms with Crippen LogP contribution in [0.3, 0.4) is 0 Å². The Labute approximate surface area is 69.9 Å². The molecule has 1 aromatic rings. The Bertz CT molecular complexity index is 231. The first-order valence-electron chi connectivity index (χ1n) is 3.72. The largest absolute Gasteiger partial charge is 0.259 e. The molecule has 0 unspecified atom stereocenters. The maximum Gasteiger partial charge on any atom is 0.0485 e. The van der Waals surface area contributed by atoms with E-state index in [1.54, 1.807) is 0 Å². The molecule has 0 N–H and O–H groups in total. The molecule has 0 aliphatic heterocycles. The molecular formula is C9H12OS. The molecule has 0 saturated heterocycles. The van der Waals surface area contributed by atoms with Crippen molar-refractivity contribution >= 4 is 10.8 Å². The van der Waals surface area contributed by atoms with Gasteiger partial charge < -0.3 is 0 Å². The first-order valence-corrected chi connectivity index (χ1v) is 5.20. The molecule has 2 heteroatoms. The van der Waals surface area contributed by atoms with E-state index in [2.05, 4.69) is 0 Å². The van der Waals surface area contributed by atoms with Crippen LogP contribution in [0.15, 0.2) is 30.3 Å². The van der Waals surface area contributed by atoms with Gasteiger partial charge >= 0.3 is 0 Å². The van der Waals surface area contributed by atoms with Crippen molar-refractivity contribution in [3.05, 3.63) is 35.9 Å². The Kier molecular flexibility index (Phi) is 3.30. The highest BCUT2D eigenvalue weighted by Gasteiger charge is 1.96. The molecule has 11 heavy (non-hydrogen) atoms. The van der Waals surface area contributed by atoms with Crippen LogP contribution in [-0.2, 0) is 16.6 Å². The second-order valence-electron chi connectivity index (χ2n) is 2.36. The SMILES string of the molecule is CC[S@@](=O)Cc1ccccc1. The number of benzene rings is 1. The van der Waals surface area contributed by atoms with Gasteiger partial charge in [-0.05, 0) is 5.56 Å². The first kappa shape index (κ1) is 8.47. The second kappa shape index (κ2) is 4.29. The average Bonchev–Trinajstić information content (AvgIpc) is 2.06. The third-order valence-electron chi connectivity index (χ3n) is 1.49. The summed E-state index contributed by atoms with van der Waals surface area (Å²) in [6, 6.07) is 9.93. The zero-order valence-corrected chi connectivity index (χ0v) is 7.43. The molecule has 1 nitrogen and oxygen atoms in total. The topological polar surface area (TPSA) is 17.1 Å². The quantitative estimate of drug-likeness (QED) is 0.674. The maximum atomic E-state index is 11.1. The average molecular weight is 168 g/mol. The lowest BCUT2D eigenvalue weighted by Crippen LogP contribution is -1.96. The van der Waals surface area contributed by atoms with Gasteiger partial charge in [-0.2, -0.15) is 0 Å². The van der Waals surface area contributed by atoms with Crippen LogP contribution >= 0.6 is 0 Å². The Balaban J connectivity index is 2.58. The molecule has 0 bridgehead atoms. The molecule has 0 fully saturated rings. The lowest BCUT2D eigenvalue weighted by atomic mass is 10.2. The fourth-order valence-electron chi connectivity index (χ4n) is 0.862. The fourth-order valence-corrected chi connectivity index (χ4v) is 1.63. The standard InChI is InChI=1S/C9H12OS/c1-2-11(10)8-9-6-4-3-5-7-9/h3-7H,2,8H2,1H3/t11-/m1/s1. The molecule has 0 aromatic heterocycles. The van der Waals surface area contributed by atoms with Crippen LogP contribution in [0, 0.1) is 0 Å². The summed E-state index contributed by atoms with van der Waals surface area (Å²) in [6.45, 7) is 1.94. The summed E-state index contributed by atoms with van der Waals surface area (Å²) in [5.41, 5.74) is 1.16. The number of rotatable bonds is 3. The van der Waals surface area contributed by atoms with E-state index in [1.807, 2.05) is 37.3 Å². The molecule has 0 aliphatic carbocycles. The highest BCUT2D eigenvalue weighted by molar-refractivity contribution is 7.84. The van der Waals surface area contributed by atoms with Crippen LogP contribution < -0.4 is 0 Å². The van der Waals surface area contributed by atoms with Crippen LogP contribution in [0.4, 0.5) is 0 Å². The second-order valence-corrected chi connectivity index (χ2v) is 4.10. The van der Waals surface area contributed by atoms with Gasteiger partial charge in [0.2, 0.25) is 0 Å². The predicted molar refractivity (Wildman–Crippen MR) is 48.8 cm³/mol. The van der Waals surface area contributed by atoms with Crippen LogP contribution in [0.1, 0.15) is 12.5 Å². The monoisotopic (exact) mass is 168 g/mol. The van der Waals surface area contributed by atoms with Crippen LogP contribution in [0.2, 0.25) is 0 Å². The van der Waals surface area contributed by atoms with Gasteiger partial charge in [0, 0.05) is 22.3 Å². The summed E-state index contributed by atoms with van der Waals surface area (Å²) in [4.78, 5) is 0. The fraction of sp³-hybridized carbons (Fsp3) is 0.333. The van der Waals surface area contributed by atoms with E-state index in [-0.39, 0.29) is 0 Å². The molecular weight excluding hydrogens is 156 g/mol. The minimum absolute atomic E-state index is 0.678. The van der Waals surface area contributed by atoms with Gasteiger partial charge in [0.15, 0.2) is 0 Å². The summed E-state index contributed by atoms with van der Waals surface area (Å²) in [5, 5.41) is 0. The van der Waals surface area contributed by atoms with Gasteiger partial charge in [0.05, 0.1) is 0 Å².